The van der Waals surface area contributed by atoms with Crippen LogP contribution in [0.25, 0.3) is 36.5 Å². The predicted molar refractivity (Wildman–Crippen MR) is 509 cm³/mol. The number of carbonyl (C=O) groups excluding carboxylic acids is 2. The number of methoxy groups -OCH3 is 2. The van der Waals surface area contributed by atoms with Crippen LogP contribution in [-0.2, 0) is 39.5 Å². The molecule has 0 spiro atoms. The van der Waals surface area contributed by atoms with Gasteiger partial charge in [0, 0.05) is 67.5 Å². The lowest BCUT2D eigenvalue weighted by atomic mass is 9.97. The Kier molecular flexibility index (Phi) is 41.3. The lowest BCUT2D eigenvalue weighted by Crippen LogP contribution is -2.10. The third kappa shape index (κ3) is 31.7. The highest BCUT2D eigenvalue weighted by Crippen LogP contribution is 2.56. The first-order valence-corrected chi connectivity index (χ1v) is 46.0. The predicted octanol–water partition coefficient (Wildman–Crippen LogP) is 30.0. The van der Waals surface area contributed by atoms with Crippen LogP contribution in [0.3, 0.4) is 0 Å². The zero-order chi connectivity index (χ0) is 86.4. The minimum absolute atomic E-state index is 0. The van der Waals surface area contributed by atoms with Crippen molar-refractivity contribution in [2.45, 2.75) is 168 Å². The summed E-state index contributed by atoms with van der Waals surface area (Å²) in [6.45, 7) is 31.6. The lowest BCUT2D eigenvalue weighted by molar-refractivity contribution is 0.111. The van der Waals surface area contributed by atoms with Gasteiger partial charge in [-0.15, -0.1) is 0 Å². The van der Waals surface area contributed by atoms with Gasteiger partial charge in [0.05, 0.1) is 66.2 Å². The van der Waals surface area contributed by atoms with Gasteiger partial charge in [-0.1, -0.05) is 221 Å². The Morgan fingerprint density at radius 3 is 0.992 bits per heavy atom. The first kappa shape index (κ1) is 98.0. The Bertz CT molecular complexity index is 4900. The highest BCUT2D eigenvalue weighted by atomic mass is 31.2. The molecule has 0 saturated carbocycles. The molecule has 10 aromatic rings. The van der Waals surface area contributed by atoms with E-state index in [1.807, 2.05) is 36.4 Å². The maximum Gasteiger partial charge on any atom is 0.335 e. The van der Waals surface area contributed by atoms with Crippen molar-refractivity contribution in [1.82, 2.24) is 0 Å². The van der Waals surface area contributed by atoms with Crippen LogP contribution in [0, 0.1) is 51.4 Å². The van der Waals surface area contributed by atoms with Gasteiger partial charge >= 0.3 is 15.2 Å². The van der Waals surface area contributed by atoms with Crippen LogP contribution in [0.15, 0.2) is 218 Å². The number of benzene rings is 10. The molecule has 14 nitrogen and oxygen atoms in total. The highest BCUT2D eigenvalue weighted by Gasteiger charge is 2.31. The molecule has 16 heteroatoms. The van der Waals surface area contributed by atoms with Crippen molar-refractivity contribution in [3.63, 3.8) is 0 Å². The summed E-state index contributed by atoms with van der Waals surface area (Å²) >= 11 is 0. The summed E-state index contributed by atoms with van der Waals surface area (Å²) in [7, 11) is -3.50. The van der Waals surface area contributed by atoms with Gasteiger partial charge < -0.3 is 46.8 Å². The summed E-state index contributed by atoms with van der Waals surface area (Å²) in [4.78, 5) is 26.3. The number of hydrogen-bond donors (Lipinski definition) is 0. The van der Waals surface area contributed by atoms with Gasteiger partial charge in [-0.3, -0.25) is 18.7 Å². The molecule has 2 unspecified atom stereocenters. The van der Waals surface area contributed by atoms with Gasteiger partial charge in [-0.05, 0) is 258 Å². The van der Waals surface area contributed by atoms with E-state index in [0.717, 1.165) is 111 Å². The van der Waals surface area contributed by atoms with Gasteiger partial charge in [-0.25, -0.2) is 0 Å². The van der Waals surface area contributed by atoms with Crippen LogP contribution in [0.5, 0.6) is 23.0 Å². The summed E-state index contributed by atoms with van der Waals surface area (Å²) in [6, 6.07) is 74.0. The minimum atomic E-state index is -3.39. The van der Waals surface area contributed by atoms with E-state index in [1.54, 1.807) is 78.3 Å². The third-order valence-electron chi connectivity index (χ3n) is 20.9. The molecule has 10 rings (SSSR count). The fourth-order valence-corrected chi connectivity index (χ4v) is 17.2. The minimum Gasteiger partial charge on any atom is -0.496 e. The second-order valence-electron chi connectivity index (χ2n) is 31.4. The number of aryl methyl sites for hydroxylation is 4. The Hall–Kier alpha value is -10.1. The van der Waals surface area contributed by atoms with Gasteiger partial charge in [0.15, 0.2) is 0 Å². The first-order chi connectivity index (χ1) is 57.9. The zero-order valence-electron chi connectivity index (χ0n) is 73.7. The summed E-state index contributed by atoms with van der Waals surface area (Å²) in [5.41, 5.74) is 20.4. The Labute approximate surface area is 724 Å². The average molecular weight is 1680 g/mol. The molecule has 10 aromatic carbocycles. The average Bonchev–Trinajstić information content (AvgIpc) is 0.808. The van der Waals surface area contributed by atoms with Gasteiger partial charge in [0.25, 0.3) is 0 Å². The number of hydrogen-bond acceptors (Lipinski definition) is 14. The summed E-state index contributed by atoms with van der Waals surface area (Å²) < 4.78 is 73.1. The molecular weight excluding hydrogens is 1540 g/mol. The van der Waals surface area contributed by atoms with Crippen molar-refractivity contribution in [2.24, 2.45) is 23.7 Å². The molecule has 2 atom stereocenters. The van der Waals surface area contributed by atoms with Crippen molar-refractivity contribution >= 4 is 98.3 Å². The maximum atomic E-state index is 13.3. The SMILES string of the molecule is C.CCOP(=O)(Cc1cc(OCCC(C)CCCC(C)C)c(CP(=O)(OCC)OCC)cc1OC)OCC.COc1cc(C=Cc2ccccc2)c(OCCC(C)CCCC(C)C)cc1C=Cc1ccc(N(c2ccc(C=Cc3ccccc3)cc2)c2ccc(C)c(C)c2)cc1.Cc1ccc(N(c2ccc(C=O)cc2)c2ccc(C=O)cc2)cc1C. The van der Waals surface area contributed by atoms with E-state index in [-0.39, 0.29) is 46.2 Å². The number of aldehydes is 2. The van der Waals surface area contributed by atoms with E-state index < -0.39 is 15.2 Å². The molecule has 0 heterocycles. The molecule has 0 radical (unpaired) electrons. The number of ether oxygens (including phenoxy) is 4. The van der Waals surface area contributed by atoms with Crippen molar-refractivity contribution in [3.05, 3.63) is 296 Å². The molecular formula is C105H132N2O12P2. The molecule has 0 bridgehead atoms. The quantitative estimate of drug-likeness (QED) is 0.0202. The fourth-order valence-electron chi connectivity index (χ4n) is 13.8. The zero-order valence-corrected chi connectivity index (χ0v) is 75.5. The van der Waals surface area contributed by atoms with Gasteiger partial charge in [-0.2, -0.15) is 0 Å². The summed E-state index contributed by atoms with van der Waals surface area (Å²) in [5, 5.41) is 0. The largest absolute Gasteiger partial charge is 0.496 e. The molecule has 0 aliphatic carbocycles. The molecule has 121 heavy (non-hydrogen) atoms. The smallest absolute Gasteiger partial charge is 0.335 e. The third-order valence-corrected chi connectivity index (χ3v) is 25.0. The molecule has 0 aliphatic rings. The molecule has 0 N–H and O–H groups in total. The molecule has 0 aliphatic heterocycles. The van der Waals surface area contributed by atoms with Crippen molar-refractivity contribution < 1.29 is 55.8 Å². The first-order valence-electron chi connectivity index (χ1n) is 42.6. The second-order valence-corrected chi connectivity index (χ2v) is 35.5. The van der Waals surface area contributed by atoms with Crippen LogP contribution < -0.4 is 28.7 Å². The van der Waals surface area contributed by atoms with E-state index in [1.165, 1.54) is 59.9 Å². The molecule has 0 aromatic heterocycles. The Morgan fingerprint density at radius 2 is 0.645 bits per heavy atom. The van der Waals surface area contributed by atoms with Gasteiger partial charge in [0.1, 0.15) is 35.6 Å². The van der Waals surface area contributed by atoms with Crippen molar-refractivity contribution in [3.8, 4) is 23.0 Å². The molecule has 644 valence electrons. The standard InChI is InChI=1S/C55H59NO2.C27H50O8P2.C22H19NO2.CH4/c1-41(2)14-13-15-42(3)36-37-58-55-40-49(54(57-6)39-50(55)30-23-46-18-11-8-12-19-46)29-24-48-27-34-52(35-28-48)56(53-31-20-43(4)44(5)38-53)51-32-25-47(26-33-51)22-21-45-16-9-7-10-17-45;1-9-32-36(28,33-10-2)20-24-19-27(31-17-16-23(7)15-13-14-22(5)6)25(18-26(24)30-8)21-37(29,34-11-3)35-12-4;1-16-3-8-22(13-17(16)2)23(20-9-4-18(14-24)5-10-20)21-11-6-19(15-25)7-12-21;/h7-12,16-35,38-42H,13-15,36-37H2,1-6H3;18-19,22-23H,9-17,20-21H2,1-8H3;3-15H,1-2H3;1H4. The van der Waals surface area contributed by atoms with Crippen molar-refractivity contribution in [1.29, 1.82) is 0 Å². The second kappa shape index (κ2) is 50.9. The van der Waals surface area contributed by atoms with Crippen LogP contribution in [0.4, 0.5) is 34.1 Å². The Morgan fingerprint density at radius 1 is 0.331 bits per heavy atom. The fraction of sp³-hybridized carbons (Fsp3) is 0.352. The number of nitrogens with zero attached hydrogens (tertiary/aromatic N) is 2. The Balaban J connectivity index is 0.000000273. The number of carbonyl (C=O) groups is 2. The van der Waals surface area contributed by atoms with E-state index in [4.69, 9.17) is 37.0 Å². The topological polar surface area (TPSA) is 149 Å². The molecule has 0 amide bonds. The normalized spacial score (nSPS) is 12.0. The van der Waals surface area contributed by atoms with Crippen LogP contribution >= 0.6 is 15.2 Å². The van der Waals surface area contributed by atoms with E-state index >= 15 is 0 Å². The summed E-state index contributed by atoms with van der Waals surface area (Å²) in [5.74, 6) is 5.30. The van der Waals surface area contributed by atoms with Crippen LogP contribution in [0.1, 0.15) is 216 Å². The van der Waals surface area contributed by atoms with Crippen LogP contribution in [0.2, 0.25) is 0 Å². The van der Waals surface area contributed by atoms with E-state index in [2.05, 4.69) is 261 Å². The van der Waals surface area contributed by atoms with E-state index in [9.17, 15) is 18.7 Å². The molecule has 0 saturated heterocycles. The number of anilines is 6. The monoisotopic (exact) mass is 1670 g/mol. The van der Waals surface area contributed by atoms with Crippen LogP contribution in [-0.4, -0.2) is 66.4 Å². The highest BCUT2D eigenvalue weighted by molar-refractivity contribution is 7.53. The van der Waals surface area contributed by atoms with Gasteiger partial charge in [0.2, 0.25) is 0 Å². The maximum absolute atomic E-state index is 13.3. The molecule has 0 fully saturated rings. The van der Waals surface area contributed by atoms with E-state index in [0.29, 0.717) is 64.7 Å². The lowest BCUT2D eigenvalue weighted by Gasteiger charge is -2.26. The summed E-state index contributed by atoms with van der Waals surface area (Å²) in [6.07, 6.45) is 23.9. The number of rotatable bonds is 44. The van der Waals surface area contributed by atoms with Crippen molar-refractivity contribution in [2.75, 3.05) is 63.7 Å².